The van der Waals surface area contributed by atoms with Gasteiger partial charge in [-0.1, -0.05) is 11.8 Å². The van der Waals surface area contributed by atoms with Crippen LogP contribution in [0.3, 0.4) is 0 Å². The molecular formula is C10H11N3OS2. The minimum Gasteiger partial charge on any atom is -0.415 e. The highest BCUT2D eigenvalue weighted by atomic mass is 32.2. The third-order valence-corrected chi connectivity index (χ3v) is 3.25. The molecule has 0 radical (unpaired) electrons. The van der Waals surface area contributed by atoms with Gasteiger partial charge in [-0.05, 0) is 24.0 Å². The monoisotopic (exact) mass is 253 g/mol. The molecule has 0 bridgehead atoms. The number of hydrogen-bond donors (Lipinski definition) is 0. The molecule has 0 N–H and O–H groups in total. The number of aromatic nitrogens is 3. The molecule has 0 aliphatic carbocycles. The van der Waals surface area contributed by atoms with Crippen LogP contribution in [0.5, 0.6) is 0 Å². The summed E-state index contributed by atoms with van der Waals surface area (Å²) in [5.41, 5.74) is 1.20. The van der Waals surface area contributed by atoms with Gasteiger partial charge in [-0.3, -0.25) is 4.98 Å². The summed E-state index contributed by atoms with van der Waals surface area (Å²) in [7, 11) is 0. The Morgan fingerprint density at radius 3 is 2.75 bits per heavy atom. The van der Waals surface area contributed by atoms with Crippen molar-refractivity contribution in [2.45, 2.75) is 16.7 Å². The molecule has 0 aliphatic heterocycles. The average molecular weight is 253 g/mol. The van der Waals surface area contributed by atoms with E-state index in [2.05, 4.69) is 15.2 Å². The van der Waals surface area contributed by atoms with Crippen LogP contribution in [0.15, 0.2) is 34.2 Å². The van der Waals surface area contributed by atoms with E-state index in [-0.39, 0.29) is 0 Å². The standard InChI is InChI=1S/C10H11N3OS2/c1-15-7-9-12-13-10(14-9)16-6-8-2-4-11-5-3-8/h2-5H,6-7H2,1H3. The van der Waals surface area contributed by atoms with Gasteiger partial charge in [0, 0.05) is 18.1 Å². The van der Waals surface area contributed by atoms with Crippen molar-refractivity contribution < 1.29 is 4.42 Å². The summed E-state index contributed by atoms with van der Waals surface area (Å²) in [6.07, 6.45) is 5.57. The lowest BCUT2D eigenvalue weighted by Crippen LogP contribution is -1.80. The summed E-state index contributed by atoms with van der Waals surface area (Å²) >= 11 is 3.21. The second-order valence-corrected chi connectivity index (χ2v) is 4.83. The van der Waals surface area contributed by atoms with E-state index in [1.54, 1.807) is 35.9 Å². The molecule has 0 aliphatic rings. The first-order valence-electron chi connectivity index (χ1n) is 4.71. The molecule has 84 valence electrons. The smallest absolute Gasteiger partial charge is 0.276 e. The highest BCUT2D eigenvalue weighted by Gasteiger charge is 2.05. The van der Waals surface area contributed by atoms with Gasteiger partial charge in [0.2, 0.25) is 5.89 Å². The molecule has 0 fully saturated rings. The first-order chi connectivity index (χ1) is 7.88. The zero-order chi connectivity index (χ0) is 11.2. The van der Waals surface area contributed by atoms with Crippen LogP contribution in [0, 0.1) is 0 Å². The first-order valence-corrected chi connectivity index (χ1v) is 7.09. The van der Waals surface area contributed by atoms with E-state index >= 15 is 0 Å². The lowest BCUT2D eigenvalue weighted by atomic mass is 10.3. The number of hydrogen-bond acceptors (Lipinski definition) is 6. The molecule has 0 amide bonds. The number of nitrogens with zero attached hydrogens (tertiary/aromatic N) is 3. The molecule has 4 nitrogen and oxygen atoms in total. The van der Waals surface area contributed by atoms with E-state index in [0.29, 0.717) is 11.1 Å². The molecule has 2 rings (SSSR count). The SMILES string of the molecule is CSCc1nnc(SCc2ccncc2)o1. The number of thioether (sulfide) groups is 2. The van der Waals surface area contributed by atoms with Crippen molar-refractivity contribution in [1.29, 1.82) is 0 Å². The third-order valence-electron chi connectivity index (χ3n) is 1.83. The molecule has 6 heteroatoms. The minimum absolute atomic E-state index is 0.626. The zero-order valence-electron chi connectivity index (χ0n) is 8.79. The lowest BCUT2D eigenvalue weighted by molar-refractivity contribution is 0.426. The highest BCUT2D eigenvalue weighted by Crippen LogP contribution is 2.21. The van der Waals surface area contributed by atoms with Crippen LogP contribution in [0.2, 0.25) is 0 Å². The molecule has 0 saturated carbocycles. The minimum atomic E-state index is 0.626. The quantitative estimate of drug-likeness (QED) is 0.763. The summed E-state index contributed by atoms with van der Waals surface area (Å²) in [4.78, 5) is 3.97. The topological polar surface area (TPSA) is 51.8 Å². The molecule has 0 aromatic carbocycles. The van der Waals surface area contributed by atoms with Crippen molar-refractivity contribution in [3.05, 3.63) is 36.0 Å². The van der Waals surface area contributed by atoms with Crippen molar-refractivity contribution in [1.82, 2.24) is 15.2 Å². The fourth-order valence-corrected chi connectivity index (χ4v) is 2.20. The van der Waals surface area contributed by atoms with Crippen LogP contribution < -0.4 is 0 Å². The van der Waals surface area contributed by atoms with Gasteiger partial charge in [0.15, 0.2) is 0 Å². The fraction of sp³-hybridized carbons (Fsp3) is 0.300. The van der Waals surface area contributed by atoms with Crippen LogP contribution in [-0.2, 0) is 11.5 Å². The molecule has 2 heterocycles. The van der Waals surface area contributed by atoms with Crippen LogP contribution in [0.25, 0.3) is 0 Å². The summed E-state index contributed by atoms with van der Waals surface area (Å²) in [5, 5.41) is 8.54. The van der Waals surface area contributed by atoms with E-state index in [1.807, 2.05) is 18.4 Å². The number of pyridine rings is 1. The molecule has 16 heavy (non-hydrogen) atoms. The second kappa shape index (κ2) is 5.91. The van der Waals surface area contributed by atoms with E-state index in [4.69, 9.17) is 4.42 Å². The van der Waals surface area contributed by atoms with Gasteiger partial charge in [0.25, 0.3) is 5.22 Å². The Morgan fingerprint density at radius 1 is 1.19 bits per heavy atom. The molecular weight excluding hydrogens is 242 g/mol. The van der Waals surface area contributed by atoms with Gasteiger partial charge in [-0.15, -0.1) is 10.2 Å². The van der Waals surface area contributed by atoms with Gasteiger partial charge in [-0.2, -0.15) is 11.8 Å². The Kier molecular flexibility index (Phi) is 4.24. The maximum absolute atomic E-state index is 5.45. The summed E-state index contributed by atoms with van der Waals surface area (Å²) in [5.74, 6) is 2.27. The van der Waals surface area contributed by atoms with Crippen LogP contribution in [-0.4, -0.2) is 21.4 Å². The predicted molar refractivity (Wildman–Crippen MR) is 65.3 cm³/mol. The Labute approximate surface area is 102 Å². The number of rotatable bonds is 5. The average Bonchev–Trinajstić information content (AvgIpc) is 2.76. The van der Waals surface area contributed by atoms with Crippen LogP contribution in [0.1, 0.15) is 11.5 Å². The normalized spacial score (nSPS) is 10.6. The third kappa shape index (κ3) is 3.24. The summed E-state index contributed by atoms with van der Waals surface area (Å²) in [6.45, 7) is 0. The lowest BCUT2D eigenvalue weighted by Gasteiger charge is -1.95. The fourth-order valence-electron chi connectivity index (χ4n) is 1.10. The van der Waals surface area contributed by atoms with Gasteiger partial charge in [-0.25, -0.2) is 0 Å². The van der Waals surface area contributed by atoms with E-state index in [0.717, 1.165) is 11.5 Å². The van der Waals surface area contributed by atoms with Crippen molar-refractivity contribution in [3.63, 3.8) is 0 Å². The Balaban J connectivity index is 1.89. The van der Waals surface area contributed by atoms with Crippen LogP contribution >= 0.6 is 23.5 Å². The van der Waals surface area contributed by atoms with E-state index < -0.39 is 0 Å². The Bertz CT molecular complexity index is 433. The maximum Gasteiger partial charge on any atom is 0.276 e. The second-order valence-electron chi connectivity index (χ2n) is 3.04. The molecule has 2 aromatic rings. The molecule has 0 spiro atoms. The summed E-state index contributed by atoms with van der Waals surface area (Å²) < 4.78 is 5.45. The van der Waals surface area contributed by atoms with Gasteiger partial charge < -0.3 is 4.42 Å². The highest BCUT2D eigenvalue weighted by molar-refractivity contribution is 7.98. The Hall–Kier alpha value is -1.01. The molecule has 0 atom stereocenters. The largest absolute Gasteiger partial charge is 0.415 e. The molecule has 0 saturated heterocycles. The predicted octanol–water partition coefficient (Wildman–Crippen LogP) is 2.62. The van der Waals surface area contributed by atoms with E-state index in [9.17, 15) is 0 Å². The van der Waals surface area contributed by atoms with Crippen molar-refractivity contribution >= 4 is 23.5 Å². The summed E-state index contributed by atoms with van der Waals surface area (Å²) in [6, 6.07) is 3.96. The molecule has 0 unspecified atom stereocenters. The van der Waals surface area contributed by atoms with Gasteiger partial charge in [0.05, 0.1) is 5.75 Å². The van der Waals surface area contributed by atoms with Crippen LogP contribution in [0.4, 0.5) is 0 Å². The molecule has 2 aromatic heterocycles. The van der Waals surface area contributed by atoms with Crippen molar-refractivity contribution in [3.8, 4) is 0 Å². The maximum atomic E-state index is 5.45. The van der Waals surface area contributed by atoms with Crippen molar-refractivity contribution in [2.24, 2.45) is 0 Å². The Morgan fingerprint density at radius 2 is 2.00 bits per heavy atom. The van der Waals surface area contributed by atoms with Crippen molar-refractivity contribution in [2.75, 3.05) is 6.26 Å². The van der Waals surface area contributed by atoms with Gasteiger partial charge in [0.1, 0.15) is 0 Å². The first kappa shape index (κ1) is 11.5. The van der Waals surface area contributed by atoms with Gasteiger partial charge >= 0.3 is 0 Å². The zero-order valence-corrected chi connectivity index (χ0v) is 10.4. The van der Waals surface area contributed by atoms with E-state index in [1.165, 1.54) is 5.56 Å².